The smallest absolute Gasteiger partial charge is 0.309 e. The standard InChI is InChI=1S/C63H37F3N4/c1-68-54-24-14-23-53(63(64,65)66)61(54)62-59(69-55-29-25-45(41-15-6-2-7-16-41)35-49(55)50-36-46(26-30-56(50)69)42-17-8-3-9-18-42)33-40(39-67)34-60(62)70-57-31-27-47(43-19-10-4-11-20-43)37-51(57)52-38-48(28-32-58(52)70)44-21-12-5-13-22-44/h2-38H. The Balaban J connectivity index is 1.25. The summed E-state index contributed by atoms with van der Waals surface area (Å²) in [5, 5.41) is 14.5. The first-order valence-electron chi connectivity index (χ1n) is 22.8. The fraction of sp³-hybridized carbons (Fsp3) is 0.0159. The molecule has 0 aliphatic carbocycles. The molecule has 10 aromatic carbocycles. The molecule has 0 saturated heterocycles. The van der Waals surface area contributed by atoms with E-state index in [2.05, 4.69) is 35.2 Å². The molecule has 4 nitrogen and oxygen atoms in total. The van der Waals surface area contributed by atoms with Crippen LogP contribution < -0.4 is 0 Å². The van der Waals surface area contributed by atoms with Crippen LogP contribution in [0, 0.1) is 17.9 Å². The predicted molar refractivity (Wildman–Crippen MR) is 278 cm³/mol. The highest BCUT2D eigenvalue weighted by atomic mass is 19.4. The van der Waals surface area contributed by atoms with Crippen LogP contribution in [0.15, 0.2) is 224 Å². The molecule has 2 aromatic heterocycles. The van der Waals surface area contributed by atoms with E-state index < -0.39 is 11.7 Å². The van der Waals surface area contributed by atoms with Gasteiger partial charge in [0.15, 0.2) is 5.69 Å². The maximum atomic E-state index is 15.8. The van der Waals surface area contributed by atoms with Gasteiger partial charge in [-0.2, -0.15) is 18.4 Å². The van der Waals surface area contributed by atoms with E-state index in [1.165, 1.54) is 12.1 Å². The molecule has 2 heterocycles. The van der Waals surface area contributed by atoms with E-state index in [0.717, 1.165) is 94.2 Å². The number of halogens is 3. The van der Waals surface area contributed by atoms with Gasteiger partial charge in [-0.15, -0.1) is 0 Å². The fourth-order valence-corrected chi connectivity index (χ4v) is 10.2. The van der Waals surface area contributed by atoms with E-state index in [9.17, 15) is 5.26 Å². The van der Waals surface area contributed by atoms with Gasteiger partial charge in [0.05, 0.1) is 57.2 Å². The second-order valence-electron chi connectivity index (χ2n) is 17.4. The van der Waals surface area contributed by atoms with Crippen LogP contribution in [0.3, 0.4) is 0 Å². The van der Waals surface area contributed by atoms with Crippen LogP contribution in [-0.4, -0.2) is 9.13 Å². The molecule has 0 spiro atoms. The van der Waals surface area contributed by atoms with Crippen molar-refractivity contribution < 1.29 is 13.2 Å². The predicted octanol–water partition coefficient (Wildman–Crippen LogP) is 17.7. The summed E-state index contributed by atoms with van der Waals surface area (Å²) in [5.74, 6) is 0. The van der Waals surface area contributed by atoms with Crippen molar-refractivity contribution in [3.05, 3.63) is 247 Å². The van der Waals surface area contributed by atoms with Gasteiger partial charge >= 0.3 is 6.18 Å². The van der Waals surface area contributed by atoms with Gasteiger partial charge in [0.25, 0.3) is 0 Å². The zero-order valence-electron chi connectivity index (χ0n) is 37.3. The van der Waals surface area contributed by atoms with Crippen molar-refractivity contribution >= 4 is 49.3 Å². The largest absolute Gasteiger partial charge is 0.415 e. The van der Waals surface area contributed by atoms with Crippen molar-refractivity contribution in [2.75, 3.05) is 0 Å². The summed E-state index contributed by atoms with van der Waals surface area (Å²) < 4.78 is 51.4. The van der Waals surface area contributed by atoms with Gasteiger partial charge in [-0.25, -0.2) is 4.85 Å². The lowest BCUT2D eigenvalue weighted by Gasteiger charge is -2.24. The highest BCUT2D eigenvalue weighted by Gasteiger charge is 2.37. The number of nitrogens with zero attached hydrogens (tertiary/aromatic N) is 4. The van der Waals surface area contributed by atoms with Crippen molar-refractivity contribution in [2.24, 2.45) is 0 Å². The number of nitriles is 1. The molecule has 0 N–H and O–H groups in total. The Labute approximate surface area is 401 Å². The van der Waals surface area contributed by atoms with E-state index in [0.29, 0.717) is 11.4 Å². The minimum atomic E-state index is -4.86. The number of hydrogen-bond donors (Lipinski definition) is 0. The topological polar surface area (TPSA) is 38.0 Å². The van der Waals surface area contributed by atoms with Crippen LogP contribution in [0.4, 0.5) is 18.9 Å². The maximum absolute atomic E-state index is 15.8. The number of alkyl halides is 3. The molecule has 0 atom stereocenters. The summed E-state index contributed by atoms with van der Waals surface area (Å²) in [7, 11) is 0. The first-order chi connectivity index (χ1) is 34.3. The number of benzene rings is 10. The van der Waals surface area contributed by atoms with Crippen LogP contribution >= 0.6 is 0 Å². The fourth-order valence-electron chi connectivity index (χ4n) is 10.2. The normalized spacial score (nSPS) is 11.6. The molecular weight excluding hydrogens is 870 g/mol. The SMILES string of the molecule is [C-]#[N+]c1cccc(C(F)(F)F)c1-c1c(-n2c3ccc(-c4ccccc4)cc3c3cc(-c4ccccc4)ccc32)cc(C#N)cc1-n1c2ccc(-c3ccccc3)cc2c2cc(-c3ccccc3)ccc21. The van der Waals surface area contributed by atoms with Gasteiger partial charge in [0.2, 0.25) is 0 Å². The zero-order valence-corrected chi connectivity index (χ0v) is 37.3. The summed E-state index contributed by atoms with van der Waals surface area (Å²) in [6, 6.07) is 74.3. The van der Waals surface area contributed by atoms with Crippen molar-refractivity contribution in [3.8, 4) is 73.1 Å². The molecule has 330 valence electrons. The molecule has 7 heteroatoms. The third-order valence-electron chi connectivity index (χ3n) is 13.4. The number of hydrogen-bond acceptors (Lipinski definition) is 1. The number of rotatable bonds is 7. The molecule has 0 saturated carbocycles. The number of aromatic nitrogens is 2. The van der Waals surface area contributed by atoms with E-state index >= 15 is 13.2 Å². The molecule has 70 heavy (non-hydrogen) atoms. The third kappa shape index (κ3) is 7.00. The first kappa shape index (κ1) is 42.0. The van der Waals surface area contributed by atoms with E-state index in [4.69, 9.17) is 6.57 Å². The lowest BCUT2D eigenvalue weighted by molar-refractivity contribution is -0.137. The molecule has 0 amide bonds. The van der Waals surface area contributed by atoms with Crippen molar-refractivity contribution in [2.45, 2.75) is 6.18 Å². The second kappa shape index (κ2) is 16.7. The molecule has 0 aliphatic heterocycles. The molecule has 0 bridgehead atoms. The Morgan fingerprint density at radius 1 is 0.386 bits per heavy atom. The zero-order chi connectivity index (χ0) is 47.5. The van der Waals surface area contributed by atoms with E-state index in [1.807, 2.05) is 179 Å². The minimum Gasteiger partial charge on any atom is -0.309 e. The Bertz CT molecular complexity index is 3690. The van der Waals surface area contributed by atoms with Crippen LogP contribution in [-0.2, 0) is 6.18 Å². The van der Waals surface area contributed by atoms with Gasteiger partial charge in [0.1, 0.15) is 0 Å². The van der Waals surface area contributed by atoms with Crippen LogP contribution in [0.2, 0.25) is 0 Å². The average Bonchev–Trinajstić information content (AvgIpc) is 3.92. The van der Waals surface area contributed by atoms with Gasteiger partial charge in [0, 0.05) is 32.7 Å². The summed E-state index contributed by atoms with van der Waals surface area (Å²) in [4.78, 5) is 3.81. The number of fused-ring (bicyclic) bond motifs is 6. The molecule has 0 radical (unpaired) electrons. The van der Waals surface area contributed by atoms with Crippen LogP contribution in [0.5, 0.6) is 0 Å². The lowest BCUT2D eigenvalue weighted by Crippen LogP contribution is -2.11. The summed E-state index contributed by atoms with van der Waals surface area (Å²) in [5.41, 5.74) is 10.5. The summed E-state index contributed by atoms with van der Waals surface area (Å²) in [6.07, 6.45) is -4.86. The highest BCUT2D eigenvalue weighted by molar-refractivity contribution is 6.15. The Kier molecular flexibility index (Phi) is 10.0. The van der Waals surface area contributed by atoms with E-state index in [1.54, 1.807) is 12.1 Å². The molecule has 0 fully saturated rings. The average molecular weight is 907 g/mol. The molecule has 0 aliphatic rings. The molecule has 12 aromatic rings. The van der Waals surface area contributed by atoms with Crippen LogP contribution in [0.25, 0.3) is 115 Å². The Morgan fingerprint density at radius 3 is 1.03 bits per heavy atom. The monoisotopic (exact) mass is 906 g/mol. The quantitative estimate of drug-likeness (QED) is 0.147. The molecular formula is C63H37F3N4. The van der Waals surface area contributed by atoms with Crippen LogP contribution in [0.1, 0.15) is 11.1 Å². The maximum Gasteiger partial charge on any atom is 0.415 e. The van der Waals surface area contributed by atoms with Crippen molar-refractivity contribution in [1.82, 2.24) is 9.13 Å². The second-order valence-corrected chi connectivity index (χ2v) is 17.4. The molecule has 0 unspecified atom stereocenters. The summed E-state index contributed by atoms with van der Waals surface area (Å²) >= 11 is 0. The Morgan fingerprint density at radius 2 is 0.729 bits per heavy atom. The third-order valence-corrected chi connectivity index (χ3v) is 13.4. The summed E-state index contributed by atoms with van der Waals surface area (Å²) in [6.45, 7) is 8.44. The van der Waals surface area contributed by atoms with Gasteiger partial charge in [-0.3, -0.25) is 0 Å². The first-order valence-corrected chi connectivity index (χ1v) is 22.8. The lowest BCUT2D eigenvalue weighted by atomic mass is 9.92. The van der Waals surface area contributed by atoms with Crippen molar-refractivity contribution in [3.63, 3.8) is 0 Å². The van der Waals surface area contributed by atoms with E-state index in [-0.39, 0.29) is 22.4 Å². The highest BCUT2D eigenvalue weighted by Crippen LogP contribution is 2.50. The molecule has 12 rings (SSSR count). The van der Waals surface area contributed by atoms with Crippen molar-refractivity contribution in [1.29, 1.82) is 5.26 Å². The van der Waals surface area contributed by atoms with Gasteiger partial charge in [-0.05, 0) is 105 Å². The Hall–Kier alpha value is -9.43. The van der Waals surface area contributed by atoms with Gasteiger partial charge < -0.3 is 9.13 Å². The minimum absolute atomic E-state index is 0.161. The van der Waals surface area contributed by atoms with Gasteiger partial charge in [-0.1, -0.05) is 164 Å².